The Labute approximate surface area is 151 Å². The van der Waals surface area contributed by atoms with Gasteiger partial charge in [0, 0.05) is 24.7 Å². The van der Waals surface area contributed by atoms with E-state index in [0.29, 0.717) is 18.8 Å². The molecular formula is C18H21N5O3. The molecule has 0 radical (unpaired) electrons. The zero-order valence-corrected chi connectivity index (χ0v) is 14.6. The Morgan fingerprint density at radius 3 is 2.85 bits per heavy atom. The lowest BCUT2D eigenvalue weighted by Gasteiger charge is -2.08. The summed E-state index contributed by atoms with van der Waals surface area (Å²) < 4.78 is 6.87. The van der Waals surface area contributed by atoms with Gasteiger partial charge < -0.3 is 19.9 Å². The van der Waals surface area contributed by atoms with Gasteiger partial charge >= 0.3 is 12.0 Å². The summed E-state index contributed by atoms with van der Waals surface area (Å²) >= 11 is 0. The number of urea groups is 1. The first-order chi connectivity index (χ1) is 12.7. The second-order valence-corrected chi connectivity index (χ2v) is 5.80. The maximum absolute atomic E-state index is 12.0. The molecule has 26 heavy (non-hydrogen) atoms. The fraction of sp³-hybridized carbons (Fsp3) is 0.333. The Morgan fingerprint density at radius 1 is 1.27 bits per heavy atom. The first-order valence-electron chi connectivity index (χ1n) is 8.56. The van der Waals surface area contributed by atoms with Crippen molar-refractivity contribution in [3.8, 4) is 0 Å². The van der Waals surface area contributed by atoms with E-state index in [1.54, 1.807) is 37.3 Å². The first kappa shape index (κ1) is 17.7. The molecule has 1 aliphatic heterocycles. The molecule has 1 aliphatic rings. The highest BCUT2D eigenvalue weighted by Crippen LogP contribution is 2.14. The van der Waals surface area contributed by atoms with Crippen LogP contribution in [0.5, 0.6) is 0 Å². The molecule has 3 rings (SSSR count). The molecule has 2 amide bonds. The standard InChI is InChI=1S/C18H21N5O3/c1-2-26-17(24)10-7-13-5-8-14(9-6-13)20-18(25)19-12-16-22-21-15-4-3-11-23(15)16/h5-10H,2-4,11-12H2,1H3,(H2,19,20,25). The number of benzene rings is 1. The SMILES string of the molecule is CCOC(=O)C=Cc1ccc(NC(=O)NCc2nnc3n2CCC3)cc1. The fourth-order valence-electron chi connectivity index (χ4n) is 2.71. The van der Waals surface area contributed by atoms with Gasteiger partial charge in [-0.15, -0.1) is 10.2 Å². The zero-order valence-electron chi connectivity index (χ0n) is 14.6. The minimum Gasteiger partial charge on any atom is -0.463 e. The number of nitrogens with one attached hydrogen (secondary N) is 2. The molecule has 0 aliphatic carbocycles. The van der Waals surface area contributed by atoms with Crippen LogP contribution in [0.2, 0.25) is 0 Å². The number of hydrogen-bond donors (Lipinski definition) is 2. The Kier molecular flexibility index (Phi) is 5.62. The third-order valence-electron chi connectivity index (χ3n) is 3.96. The topological polar surface area (TPSA) is 98.1 Å². The van der Waals surface area contributed by atoms with Gasteiger partial charge in [0.05, 0.1) is 13.2 Å². The monoisotopic (exact) mass is 355 g/mol. The minimum absolute atomic E-state index is 0.310. The van der Waals surface area contributed by atoms with Crippen molar-refractivity contribution in [1.82, 2.24) is 20.1 Å². The van der Waals surface area contributed by atoms with Crippen molar-refractivity contribution in [1.29, 1.82) is 0 Å². The Balaban J connectivity index is 1.49. The van der Waals surface area contributed by atoms with E-state index in [-0.39, 0.29) is 12.0 Å². The van der Waals surface area contributed by atoms with Crippen molar-refractivity contribution in [2.24, 2.45) is 0 Å². The highest BCUT2D eigenvalue weighted by Gasteiger charge is 2.17. The summed E-state index contributed by atoms with van der Waals surface area (Å²) in [5.41, 5.74) is 1.49. The number of esters is 1. The van der Waals surface area contributed by atoms with Gasteiger partial charge in [0.2, 0.25) is 0 Å². The quantitative estimate of drug-likeness (QED) is 0.611. The number of aryl methyl sites for hydroxylation is 1. The van der Waals surface area contributed by atoms with Gasteiger partial charge in [-0.25, -0.2) is 9.59 Å². The zero-order chi connectivity index (χ0) is 18.4. The Bertz CT molecular complexity index is 811. The largest absolute Gasteiger partial charge is 0.463 e. The number of anilines is 1. The molecule has 8 heteroatoms. The van der Waals surface area contributed by atoms with Crippen LogP contribution >= 0.6 is 0 Å². The fourth-order valence-corrected chi connectivity index (χ4v) is 2.71. The number of carbonyl (C=O) groups excluding carboxylic acids is 2. The first-order valence-corrected chi connectivity index (χ1v) is 8.56. The molecule has 8 nitrogen and oxygen atoms in total. The van der Waals surface area contributed by atoms with Crippen molar-refractivity contribution in [3.63, 3.8) is 0 Å². The summed E-state index contributed by atoms with van der Waals surface area (Å²) in [5.74, 6) is 1.37. The van der Waals surface area contributed by atoms with Gasteiger partial charge in [-0.2, -0.15) is 0 Å². The van der Waals surface area contributed by atoms with Crippen LogP contribution in [0.15, 0.2) is 30.3 Å². The summed E-state index contributed by atoms with van der Waals surface area (Å²) in [7, 11) is 0. The average Bonchev–Trinajstić information content (AvgIpc) is 3.24. The van der Waals surface area contributed by atoms with Crippen LogP contribution in [0, 0.1) is 0 Å². The van der Waals surface area contributed by atoms with E-state index in [1.807, 2.05) is 4.57 Å². The molecule has 2 heterocycles. The number of rotatable bonds is 6. The number of carbonyl (C=O) groups is 2. The smallest absolute Gasteiger partial charge is 0.330 e. The van der Waals surface area contributed by atoms with E-state index < -0.39 is 0 Å². The molecule has 0 atom stereocenters. The van der Waals surface area contributed by atoms with E-state index in [4.69, 9.17) is 4.74 Å². The van der Waals surface area contributed by atoms with Gasteiger partial charge in [-0.3, -0.25) is 0 Å². The third-order valence-corrected chi connectivity index (χ3v) is 3.96. The van der Waals surface area contributed by atoms with Crippen molar-refractivity contribution in [2.45, 2.75) is 32.9 Å². The molecule has 2 aromatic rings. The Morgan fingerprint density at radius 2 is 2.08 bits per heavy atom. The van der Waals surface area contributed by atoms with Crippen molar-refractivity contribution < 1.29 is 14.3 Å². The molecule has 0 spiro atoms. The molecule has 0 fully saturated rings. The summed E-state index contributed by atoms with van der Waals surface area (Å²) in [5, 5.41) is 13.8. The summed E-state index contributed by atoms with van der Waals surface area (Å²) in [6.45, 7) is 3.34. The predicted molar refractivity (Wildman–Crippen MR) is 96.3 cm³/mol. The molecule has 0 bridgehead atoms. The number of hydrogen-bond acceptors (Lipinski definition) is 5. The molecular weight excluding hydrogens is 334 g/mol. The van der Waals surface area contributed by atoms with Crippen molar-refractivity contribution >= 4 is 23.8 Å². The van der Waals surface area contributed by atoms with Gasteiger partial charge in [0.25, 0.3) is 0 Å². The highest BCUT2D eigenvalue weighted by molar-refractivity contribution is 5.89. The molecule has 1 aromatic carbocycles. The normalized spacial score (nSPS) is 12.8. The van der Waals surface area contributed by atoms with Crippen LogP contribution in [0.25, 0.3) is 6.08 Å². The predicted octanol–water partition coefficient (Wildman–Crippen LogP) is 2.12. The Hall–Kier alpha value is -3.16. The lowest BCUT2D eigenvalue weighted by atomic mass is 10.2. The maximum Gasteiger partial charge on any atom is 0.330 e. The number of ether oxygens (including phenoxy) is 1. The van der Waals surface area contributed by atoms with Crippen LogP contribution in [0.1, 0.15) is 30.6 Å². The number of nitrogens with zero attached hydrogens (tertiary/aromatic N) is 3. The third kappa shape index (κ3) is 4.47. The molecule has 136 valence electrons. The minimum atomic E-state index is -0.381. The van der Waals surface area contributed by atoms with Crippen LogP contribution in [-0.4, -0.2) is 33.4 Å². The van der Waals surface area contributed by atoms with Crippen LogP contribution < -0.4 is 10.6 Å². The van der Waals surface area contributed by atoms with E-state index >= 15 is 0 Å². The van der Waals surface area contributed by atoms with Gasteiger partial charge in [-0.05, 0) is 37.1 Å². The second-order valence-electron chi connectivity index (χ2n) is 5.80. The number of amides is 2. The maximum atomic E-state index is 12.0. The highest BCUT2D eigenvalue weighted by atomic mass is 16.5. The number of aromatic nitrogens is 3. The summed E-state index contributed by atoms with van der Waals surface area (Å²) in [6, 6.07) is 6.82. The van der Waals surface area contributed by atoms with E-state index in [1.165, 1.54) is 6.08 Å². The van der Waals surface area contributed by atoms with E-state index in [9.17, 15) is 9.59 Å². The molecule has 1 aromatic heterocycles. The lowest BCUT2D eigenvalue weighted by molar-refractivity contribution is -0.137. The van der Waals surface area contributed by atoms with Gasteiger partial charge in [0.15, 0.2) is 5.82 Å². The van der Waals surface area contributed by atoms with Crippen LogP contribution in [0.3, 0.4) is 0 Å². The molecule has 0 saturated carbocycles. The summed E-state index contributed by atoms with van der Waals surface area (Å²) in [4.78, 5) is 23.3. The van der Waals surface area contributed by atoms with Gasteiger partial charge in [-0.1, -0.05) is 12.1 Å². The molecule has 0 unspecified atom stereocenters. The summed E-state index contributed by atoms with van der Waals surface area (Å²) in [6.07, 6.45) is 5.04. The lowest BCUT2D eigenvalue weighted by Crippen LogP contribution is -2.29. The van der Waals surface area contributed by atoms with E-state index in [2.05, 4.69) is 20.8 Å². The van der Waals surface area contributed by atoms with Crippen molar-refractivity contribution in [3.05, 3.63) is 47.6 Å². The van der Waals surface area contributed by atoms with Gasteiger partial charge in [0.1, 0.15) is 5.82 Å². The number of fused-ring (bicyclic) bond motifs is 1. The molecule has 0 saturated heterocycles. The second kappa shape index (κ2) is 8.28. The van der Waals surface area contributed by atoms with E-state index in [0.717, 1.165) is 36.6 Å². The molecule has 2 N–H and O–H groups in total. The van der Waals surface area contributed by atoms with Crippen molar-refractivity contribution in [2.75, 3.05) is 11.9 Å². The van der Waals surface area contributed by atoms with Crippen LogP contribution in [-0.2, 0) is 29.0 Å². The van der Waals surface area contributed by atoms with Crippen LogP contribution in [0.4, 0.5) is 10.5 Å². The average molecular weight is 355 g/mol.